The molecule has 4 rings (SSSR count). The summed E-state index contributed by atoms with van der Waals surface area (Å²) in [5, 5.41) is 2.88. The number of hydrogen-bond donors (Lipinski definition) is 1. The number of benzene rings is 1. The largest absolute Gasteiger partial charge is 0.433 e. The van der Waals surface area contributed by atoms with Gasteiger partial charge >= 0.3 is 6.18 Å². The molecule has 2 aromatic heterocycles. The van der Waals surface area contributed by atoms with Crippen LogP contribution in [-0.2, 0) is 6.18 Å². The van der Waals surface area contributed by atoms with Gasteiger partial charge < -0.3 is 15.1 Å². The summed E-state index contributed by atoms with van der Waals surface area (Å²) >= 11 is 0. The summed E-state index contributed by atoms with van der Waals surface area (Å²) in [4.78, 5) is 21.4. The van der Waals surface area contributed by atoms with Crippen LogP contribution in [0.5, 0.6) is 0 Å². The van der Waals surface area contributed by atoms with E-state index in [1.54, 1.807) is 12.4 Å². The van der Waals surface area contributed by atoms with Crippen LogP contribution in [0.3, 0.4) is 0 Å². The molecule has 180 valence electrons. The fourth-order valence-electron chi connectivity index (χ4n) is 4.07. The lowest BCUT2D eigenvalue weighted by Crippen LogP contribution is -2.32. The van der Waals surface area contributed by atoms with E-state index in [-0.39, 0.29) is 5.95 Å². The third-order valence-corrected chi connectivity index (χ3v) is 5.66. The molecule has 1 aliphatic heterocycles. The zero-order valence-electron chi connectivity index (χ0n) is 19.3. The van der Waals surface area contributed by atoms with Crippen molar-refractivity contribution in [1.29, 1.82) is 0 Å². The van der Waals surface area contributed by atoms with Crippen LogP contribution in [0.4, 0.5) is 30.8 Å². The Hall–Kier alpha value is -3.27. The molecule has 1 N–H and O–H groups in total. The topological polar surface area (TPSA) is 70.1 Å². The number of anilines is 3. The number of aryl methyl sites for hydroxylation is 1. The lowest BCUT2D eigenvalue weighted by molar-refractivity contribution is -0.141. The van der Waals surface area contributed by atoms with E-state index >= 15 is 0 Å². The van der Waals surface area contributed by atoms with E-state index in [2.05, 4.69) is 42.0 Å². The molecule has 3 aromatic rings. The molecule has 1 saturated heterocycles. The van der Waals surface area contributed by atoms with Gasteiger partial charge in [-0.15, -0.1) is 0 Å². The Morgan fingerprint density at radius 1 is 0.971 bits per heavy atom. The Bertz CT molecular complexity index is 1100. The standard InChI is InChI=1S/C24H28F3N7/c1-3-7-33-8-4-9-34(11-10-33)23-29-15-19(16-30-23)18-12-17(2)13-20(14-18)31-22-28-6-5-21(32-22)24(25,26)27/h5-6,12-16H,3-4,7-11H2,1-2H3,(H,28,31,32). The van der Waals surface area contributed by atoms with Crippen LogP contribution in [0.15, 0.2) is 42.9 Å². The van der Waals surface area contributed by atoms with Crippen molar-refractivity contribution in [1.82, 2.24) is 24.8 Å². The third-order valence-electron chi connectivity index (χ3n) is 5.66. The Morgan fingerprint density at radius 2 is 1.76 bits per heavy atom. The number of rotatable bonds is 6. The molecule has 1 aliphatic rings. The molecular formula is C24H28F3N7. The molecule has 1 aromatic carbocycles. The molecule has 7 nitrogen and oxygen atoms in total. The molecule has 0 radical (unpaired) electrons. The SMILES string of the molecule is CCCN1CCCN(c2ncc(-c3cc(C)cc(Nc4nccc(C(F)(F)F)n4)c3)cn2)CC1. The third kappa shape index (κ3) is 5.99. The van der Waals surface area contributed by atoms with Crippen LogP contribution in [0, 0.1) is 6.92 Å². The van der Waals surface area contributed by atoms with Gasteiger partial charge in [-0.1, -0.05) is 13.0 Å². The second-order valence-corrected chi connectivity index (χ2v) is 8.43. The molecule has 0 saturated carbocycles. The Labute approximate surface area is 197 Å². The van der Waals surface area contributed by atoms with E-state index in [0.717, 1.165) is 74.5 Å². The number of aromatic nitrogens is 4. The van der Waals surface area contributed by atoms with Gasteiger partial charge in [0.25, 0.3) is 0 Å². The van der Waals surface area contributed by atoms with E-state index in [1.165, 1.54) is 0 Å². The highest BCUT2D eigenvalue weighted by atomic mass is 19.4. The number of hydrogen-bond acceptors (Lipinski definition) is 7. The summed E-state index contributed by atoms with van der Waals surface area (Å²) in [6.07, 6.45) is 2.37. The lowest BCUT2D eigenvalue weighted by atomic mass is 10.1. The van der Waals surface area contributed by atoms with Gasteiger partial charge in [-0.05, 0) is 62.2 Å². The molecule has 0 atom stereocenters. The summed E-state index contributed by atoms with van der Waals surface area (Å²) in [5.41, 5.74) is 2.20. The predicted molar refractivity (Wildman–Crippen MR) is 126 cm³/mol. The van der Waals surface area contributed by atoms with Gasteiger partial charge in [0.1, 0.15) is 5.69 Å². The van der Waals surface area contributed by atoms with E-state index in [9.17, 15) is 13.2 Å². The van der Waals surface area contributed by atoms with Crippen molar-refractivity contribution in [3.05, 3.63) is 54.1 Å². The molecule has 0 unspecified atom stereocenters. The first kappa shape index (κ1) is 23.9. The molecule has 1 fully saturated rings. The first-order valence-electron chi connectivity index (χ1n) is 11.4. The van der Waals surface area contributed by atoms with Crippen LogP contribution >= 0.6 is 0 Å². The minimum absolute atomic E-state index is 0.115. The van der Waals surface area contributed by atoms with Gasteiger partial charge in [0.05, 0.1) is 0 Å². The highest BCUT2D eigenvalue weighted by Crippen LogP contribution is 2.29. The first-order valence-corrected chi connectivity index (χ1v) is 11.4. The second kappa shape index (κ2) is 10.3. The molecule has 0 bridgehead atoms. The highest BCUT2D eigenvalue weighted by Gasteiger charge is 2.32. The van der Waals surface area contributed by atoms with Gasteiger partial charge in [0, 0.05) is 49.5 Å². The van der Waals surface area contributed by atoms with Crippen molar-refractivity contribution in [3.63, 3.8) is 0 Å². The zero-order chi connectivity index (χ0) is 24.1. The average Bonchev–Trinajstić information content (AvgIpc) is 3.04. The maximum Gasteiger partial charge on any atom is 0.433 e. The van der Waals surface area contributed by atoms with Gasteiger partial charge in [0.15, 0.2) is 0 Å². The zero-order valence-corrected chi connectivity index (χ0v) is 19.3. The van der Waals surface area contributed by atoms with Crippen LogP contribution in [0.25, 0.3) is 11.1 Å². The molecule has 0 aliphatic carbocycles. The normalized spacial score (nSPS) is 15.3. The van der Waals surface area contributed by atoms with E-state index in [0.29, 0.717) is 11.6 Å². The maximum absolute atomic E-state index is 13.0. The first-order chi connectivity index (χ1) is 16.3. The molecular weight excluding hydrogens is 443 g/mol. The van der Waals surface area contributed by atoms with Gasteiger partial charge in [-0.3, -0.25) is 0 Å². The van der Waals surface area contributed by atoms with Gasteiger partial charge in [0.2, 0.25) is 11.9 Å². The Morgan fingerprint density at radius 3 is 2.50 bits per heavy atom. The minimum atomic E-state index is -4.53. The monoisotopic (exact) mass is 471 g/mol. The second-order valence-electron chi connectivity index (χ2n) is 8.43. The number of nitrogens with zero attached hydrogens (tertiary/aromatic N) is 6. The number of alkyl halides is 3. The highest BCUT2D eigenvalue weighted by molar-refractivity contribution is 5.70. The van der Waals surface area contributed by atoms with Crippen molar-refractivity contribution in [2.75, 3.05) is 42.9 Å². The van der Waals surface area contributed by atoms with Crippen LogP contribution in [0.1, 0.15) is 31.0 Å². The Kier molecular flexibility index (Phi) is 7.26. The predicted octanol–water partition coefficient (Wildman–Crippen LogP) is 4.93. The van der Waals surface area contributed by atoms with Crippen molar-refractivity contribution in [2.24, 2.45) is 0 Å². The summed E-state index contributed by atoms with van der Waals surface area (Å²) in [5.74, 6) is 0.599. The molecule has 0 spiro atoms. The minimum Gasteiger partial charge on any atom is -0.339 e. The van der Waals surface area contributed by atoms with Crippen LogP contribution in [-0.4, -0.2) is 57.6 Å². The summed E-state index contributed by atoms with van der Waals surface area (Å²) in [6.45, 7) is 9.15. The lowest BCUT2D eigenvalue weighted by Gasteiger charge is -2.21. The number of halogens is 3. The smallest absolute Gasteiger partial charge is 0.339 e. The molecule has 0 amide bonds. The molecule has 3 heterocycles. The van der Waals surface area contributed by atoms with Crippen LogP contribution in [0.2, 0.25) is 0 Å². The summed E-state index contributed by atoms with van der Waals surface area (Å²) in [6, 6.07) is 6.47. The van der Waals surface area contributed by atoms with E-state index < -0.39 is 11.9 Å². The van der Waals surface area contributed by atoms with Crippen molar-refractivity contribution in [3.8, 4) is 11.1 Å². The van der Waals surface area contributed by atoms with E-state index in [1.807, 2.05) is 25.1 Å². The van der Waals surface area contributed by atoms with Crippen molar-refractivity contribution < 1.29 is 13.2 Å². The van der Waals surface area contributed by atoms with Gasteiger partial charge in [-0.25, -0.2) is 19.9 Å². The fraction of sp³-hybridized carbons (Fsp3) is 0.417. The van der Waals surface area contributed by atoms with Crippen molar-refractivity contribution >= 4 is 17.6 Å². The van der Waals surface area contributed by atoms with E-state index in [4.69, 9.17) is 0 Å². The van der Waals surface area contributed by atoms with Gasteiger partial charge in [-0.2, -0.15) is 13.2 Å². The van der Waals surface area contributed by atoms with Crippen LogP contribution < -0.4 is 10.2 Å². The molecule has 10 heteroatoms. The maximum atomic E-state index is 13.0. The van der Waals surface area contributed by atoms with Crippen molar-refractivity contribution in [2.45, 2.75) is 32.9 Å². The summed E-state index contributed by atoms with van der Waals surface area (Å²) in [7, 11) is 0. The summed E-state index contributed by atoms with van der Waals surface area (Å²) < 4.78 is 38.9. The number of nitrogens with one attached hydrogen (secondary N) is 1. The Balaban J connectivity index is 1.50. The average molecular weight is 472 g/mol. The fourth-order valence-corrected chi connectivity index (χ4v) is 4.07. The quantitative estimate of drug-likeness (QED) is 0.547. The molecule has 34 heavy (non-hydrogen) atoms.